The van der Waals surface area contributed by atoms with Crippen molar-refractivity contribution in [3.8, 4) is 0 Å². The highest BCUT2D eigenvalue weighted by Gasteiger charge is 2.65. The Kier molecular flexibility index (Phi) is 2.48. The maximum Gasteiger partial charge on any atom is 0.333 e. The van der Waals surface area contributed by atoms with E-state index in [0.29, 0.717) is 0 Å². The van der Waals surface area contributed by atoms with Crippen molar-refractivity contribution in [2.75, 3.05) is 13.2 Å². The van der Waals surface area contributed by atoms with Crippen LogP contribution in [0.15, 0.2) is 0 Å². The third kappa shape index (κ3) is 3.02. The predicted molar refractivity (Wildman–Crippen MR) is 71.6 cm³/mol. The molecule has 0 aromatic carbocycles. The van der Waals surface area contributed by atoms with E-state index in [1.807, 2.05) is 0 Å². The molecule has 22 heavy (non-hydrogen) atoms. The molecule has 0 bridgehead atoms. The lowest BCUT2D eigenvalue weighted by Gasteiger charge is -2.40. The van der Waals surface area contributed by atoms with Crippen LogP contribution in [0, 0.1) is 0 Å². The van der Waals surface area contributed by atoms with Crippen molar-refractivity contribution >= 4 is 10.3 Å². The molecule has 128 valence electrons. The summed E-state index contributed by atoms with van der Waals surface area (Å²) in [5.74, 6) is -5.95. The third-order valence-corrected chi connectivity index (χ3v) is 3.38. The van der Waals surface area contributed by atoms with Gasteiger partial charge >= 0.3 is 10.3 Å². The monoisotopic (exact) mass is 344 g/mol. The Morgan fingerprint density at radius 3 is 2.59 bits per heavy atom. The summed E-state index contributed by atoms with van der Waals surface area (Å²) in [6.07, 6.45) is -8.56. The molecule has 0 unspecified atom stereocenters. The highest BCUT2D eigenvalue weighted by molar-refractivity contribution is 7.84. The quantitative estimate of drug-likeness (QED) is 0.735. The van der Waals surface area contributed by atoms with Gasteiger partial charge in [-0.1, -0.05) is 0 Å². The van der Waals surface area contributed by atoms with Crippen LogP contribution in [0.25, 0.3) is 0 Å². The summed E-state index contributed by atoms with van der Waals surface area (Å²) in [7, 11) is -4.55. The summed E-state index contributed by atoms with van der Waals surface area (Å²) in [6.45, 7) is 1.07. The van der Waals surface area contributed by atoms with Crippen LogP contribution in [0.1, 0.15) is 34.5 Å². The zero-order chi connectivity index (χ0) is 20.9. The summed E-state index contributed by atoms with van der Waals surface area (Å²) >= 11 is 0. The lowest BCUT2D eigenvalue weighted by molar-refractivity contribution is -0.290. The Labute approximate surface area is 136 Å². The molecule has 3 aliphatic rings. The lowest BCUT2D eigenvalue weighted by Crippen LogP contribution is -2.60. The van der Waals surface area contributed by atoms with E-state index in [0.717, 1.165) is 0 Å². The maximum absolute atomic E-state index is 11.3. The molecule has 0 aromatic rings. The highest BCUT2D eigenvalue weighted by Crippen LogP contribution is 2.47. The van der Waals surface area contributed by atoms with Crippen molar-refractivity contribution in [1.82, 2.24) is 0 Å². The lowest BCUT2D eigenvalue weighted by atomic mass is 9.98. The molecule has 10 heteroatoms. The largest absolute Gasteiger partial charge is 0.343 e. The third-order valence-electron chi connectivity index (χ3n) is 2.93. The fourth-order valence-corrected chi connectivity index (χ4v) is 2.63. The van der Waals surface area contributed by atoms with Crippen LogP contribution < -0.4 is 5.14 Å². The molecule has 0 amide bonds. The van der Waals surface area contributed by atoms with Crippen LogP contribution in [-0.2, 0) is 38.2 Å². The molecule has 3 fully saturated rings. The molecule has 0 aliphatic carbocycles. The van der Waals surface area contributed by atoms with Gasteiger partial charge in [0.2, 0.25) is 5.79 Å². The number of ether oxygens (including phenoxy) is 5. The molecule has 2 N–H and O–H groups in total. The van der Waals surface area contributed by atoms with E-state index in [1.54, 1.807) is 0 Å². The van der Waals surface area contributed by atoms with E-state index in [1.165, 1.54) is 27.7 Å². The second-order valence-corrected chi connectivity index (χ2v) is 7.13. The van der Waals surface area contributed by atoms with E-state index < -0.39 is 59.1 Å². The number of fused-ring (bicyclic) bond motifs is 3. The standard InChI is InChI=1S/C12H21NO8S/c1-10(2)18-7-5-16-12(6-17-22(13,14)15)9(8(7)19-10)20-11(3,4)21-12/h7-9H,5-6H2,1-4H3,(H2,13,14,15)/t7-,8-,9+,12+/m1/s1/i5D2,7D,8D,9D. The van der Waals surface area contributed by atoms with Crippen LogP contribution in [0.3, 0.4) is 0 Å². The molecule has 0 spiro atoms. The van der Waals surface area contributed by atoms with Gasteiger partial charge in [-0.3, -0.25) is 4.18 Å². The van der Waals surface area contributed by atoms with Crippen LogP contribution in [-0.4, -0.2) is 57.2 Å². The molecular weight excluding hydrogens is 318 g/mol. The number of hydrogen-bond donors (Lipinski definition) is 1. The Balaban J connectivity index is 2.22. The maximum atomic E-state index is 11.3. The zero-order valence-electron chi connectivity index (χ0n) is 17.5. The fourth-order valence-electron chi connectivity index (χ4n) is 2.31. The minimum absolute atomic E-state index is 1.13. The van der Waals surface area contributed by atoms with Crippen molar-refractivity contribution in [2.45, 2.75) is 63.3 Å². The molecular formula is C12H21NO8S. The Morgan fingerprint density at radius 1 is 1.27 bits per heavy atom. The topological polar surface area (TPSA) is 116 Å². The average molecular weight is 344 g/mol. The van der Waals surface area contributed by atoms with Crippen LogP contribution in [0.2, 0.25) is 0 Å². The Morgan fingerprint density at radius 2 is 1.95 bits per heavy atom. The van der Waals surface area contributed by atoms with E-state index in [-0.39, 0.29) is 0 Å². The molecule has 3 saturated heterocycles. The molecule has 3 rings (SSSR count). The normalized spacial score (nSPS) is 58.5. The van der Waals surface area contributed by atoms with Crippen molar-refractivity contribution < 1.29 is 43.1 Å². The summed E-state index contributed by atoms with van der Waals surface area (Å²) in [5, 5.41) is 4.82. The first-order valence-electron chi connectivity index (χ1n) is 8.92. The first-order valence-corrected chi connectivity index (χ1v) is 7.89. The van der Waals surface area contributed by atoms with Gasteiger partial charge < -0.3 is 23.7 Å². The van der Waals surface area contributed by atoms with Crippen molar-refractivity contribution in [3.63, 3.8) is 0 Å². The van der Waals surface area contributed by atoms with Gasteiger partial charge in [0.15, 0.2) is 11.6 Å². The summed E-state index contributed by atoms with van der Waals surface area (Å²) in [5.41, 5.74) is 0. The molecule has 0 radical (unpaired) electrons. The van der Waals surface area contributed by atoms with Crippen LogP contribution in [0.5, 0.6) is 0 Å². The summed E-state index contributed by atoms with van der Waals surface area (Å²) in [6, 6.07) is 0. The smallest absolute Gasteiger partial charge is 0.333 e. The number of hydrogen-bond acceptors (Lipinski definition) is 8. The molecule has 9 nitrogen and oxygen atoms in total. The van der Waals surface area contributed by atoms with Gasteiger partial charge in [-0.2, -0.15) is 8.42 Å². The predicted octanol–water partition coefficient (Wildman–Crippen LogP) is -0.395. The Hall–Kier alpha value is -0.330. The van der Waals surface area contributed by atoms with Gasteiger partial charge in [-0.25, -0.2) is 5.14 Å². The van der Waals surface area contributed by atoms with E-state index in [4.69, 9.17) is 35.7 Å². The minimum atomic E-state index is -4.55. The molecule has 3 aliphatic heterocycles. The molecule has 3 heterocycles. The second-order valence-electron chi connectivity index (χ2n) is 5.91. The fraction of sp³-hybridized carbons (Fsp3) is 1.00. The van der Waals surface area contributed by atoms with Crippen LogP contribution >= 0.6 is 0 Å². The van der Waals surface area contributed by atoms with Crippen molar-refractivity contribution in [3.05, 3.63) is 0 Å². The van der Waals surface area contributed by atoms with Gasteiger partial charge in [-0.15, -0.1) is 0 Å². The molecule has 0 saturated carbocycles. The number of rotatable bonds is 3. The second kappa shape index (κ2) is 4.84. The molecule has 4 atom stereocenters. The van der Waals surface area contributed by atoms with Crippen molar-refractivity contribution in [2.24, 2.45) is 5.14 Å². The first kappa shape index (κ1) is 11.3. The minimum Gasteiger partial charge on any atom is -0.343 e. The van der Waals surface area contributed by atoms with E-state index >= 15 is 0 Å². The highest BCUT2D eigenvalue weighted by atomic mass is 32.2. The van der Waals surface area contributed by atoms with Gasteiger partial charge in [-0.05, 0) is 27.7 Å². The first-order chi connectivity index (χ1) is 11.7. The van der Waals surface area contributed by atoms with E-state index in [2.05, 4.69) is 4.18 Å². The van der Waals surface area contributed by atoms with Gasteiger partial charge in [0, 0.05) is 0 Å². The van der Waals surface area contributed by atoms with Crippen molar-refractivity contribution in [1.29, 1.82) is 0 Å². The molecule has 0 aromatic heterocycles. The van der Waals surface area contributed by atoms with Gasteiger partial charge in [0.05, 0.1) is 13.4 Å². The average Bonchev–Trinajstić information content (AvgIpc) is 2.73. The van der Waals surface area contributed by atoms with Gasteiger partial charge in [0.25, 0.3) is 0 Å². The number of nitrogens with two attached hydrogens (primary N) is 1. The Bertz CT molecular complexity index is 780. The zero-order valence-corrected chi connectivity index (χ0v) is 13.3. The van der Waals surface area contributed by atoms with E-state index in [9.17, 15) is 8.42 Å². The summed E-state index contributed by atoms with van der Waals surface area (Å²) in [4.78, 5) is 0. The summed E-state index contributed by atoms with van der Waals surface area (Å²) < 4.78 is 96.3. The van der Waals surface area contributed by atoms with Crippen LogP contribution in [0.4, 0.5) is 0 Å². The SMILES string of the molecule is [2H]C1([2H])O[C@@]2(COS(N)(=O)=O)OC(C)(C)O[C@@]2([2H])[C@]2([2H])OC(C)(C)O[C@]12[2H]. The van der Waals surface area contributed by atoms with Gasteiger partial charge in [0.1, 0.15) is 24.8 Å².